The second-order valence-corrected chi connectivity index (χ2v) is 7.04. The van der Waals surface area contributed by atoms with Crippen molar-refractivity contribution in [2.45, 2.75) is 26.8 Å². The van der Waals surface area contributed by atoms with E-state index in [0.29, 0.717) is 13.1 Å². The number of nitrogens with one attached hydrogen (secondary N) is 1. The average molecular weight is 362 g/mol. The minimum Gasteiger partial charge on any atom is -0.330 e. The lowest BCUT2D eigenvalue weighted by Crippen LogP contribution is -2.25. The van der Waals surface area contributed by atoms with Crippen LogP contribution in [0.3, 0.4) is 0 Å². The summed E-state index contributed by atoms with van der Waals surface area (Å²) < 4.78 is 2.01. The Balaban J connectivity index is 1.45. The van der Waals surface area contributed by atoms with Gasteiger partial charge in [-0.3, -0.25) is 9.59 Å². The van der Waals surface area contributed by atoms with Crippen LogP contribution in [0.15, 0.2) is 48.8 Å². The lowest BCUT2D eigenvalue weighted by Gasteiger charge is -2.16. The van der Waals surface area contributed by atoms with Crippen molar-refractivity contribution in [3.05, 3.63) is 54.4 Å². The number of aromatic nitrogens is 2. The Labute approximate surface area is 157 Å². The number of rotatable bonds is 4. The number of benzene rings is 2. The Morgan fingerprint density at radius 3 is 2.85 bits per heavy atom. The molecule has 0 unspecified atom stereocenters. The monoisotopic (exact) mass is 362 g/mol. The van der Waals surface area contributed by atoms with E-state index in [4.69, 9.17) is 0 Å². The molecule has 0 bridgehead atoms. The molecule has 138 valence electrons. The fourth-order valence-corrected chi connectivity index (χ4v) is 3.61. The molecule has 0 saturated carbocycles. The predicted molar refractivity (Wildman–Crippen MR) is 106 cm³/mol. The topological polar surface area (TPSA) is 67.2 Å². The molecular weight excluding hydrogens is 340 g/mol. The Morgan fingerprint density at radius 1 is 1.22 bits per heavy atom. The van der Waals surface area contributed by atoms with Crippen LogP contribution in [0.1, 0.15) is 19.4 Å². The smallest absolute Gasteiger partial charge is 0.229 e. The van der Waals surface area contributed by atoms with E-state index in [1.54, 1.807) is 18.2 Å². The third-order valence-electron chi connectivity index (χ3n) is 5.07. The van der Waals surface area contributed by atoms with Crippen LogP contribution in [0.2, 0.25) is 0 Å². The molecule has 1 N–H and O–H groups in total. The van der Waals surface area contributed by atoms with Crippen molar-refractivity contribution in [3.8, 4) is 0 Å². The van der Waals surface area contributed by atoms with E-state index >= 15 is 0 Å². The number of fused-ring (bicyclic) bond motifs is 2. The Hall–Kier alpha value is -3.15. The molecule has 27 heavy (non-hydrogen) atoms. The molecule has 0 fully saturated rings. The van der Waals surface area contributed by atoms with Crippen LogP contribution in [0.25, 0.3) is 11.0 Å². The first-order valence-electron chi connectivity index (χ1n) is 9.14. The zero-order valence-electron chi connectivity index (χ0n) is 15.5. The second-order valence-electron chi connectivity index (χ2n) is 7.04. The van der Waals surface area contributed by atoms with Gasteiger partial charge in [-0.15, -0.1) is 0 Å². The molecule has 0 aliphatic carbocycles. The summed E-state index contributed by atoms with van der Waals surface area (Å²) in [7, 11) is 0. The summed E-state index contributed by atoms with van der Waals surface area (Å²) in [6, 6.07) is 13.6. The zero-order valence-corrected chi connectivity index (χ0v) is 15.5. The van der Waals surface area contributed by atoms with Crippen molar-refractivity contribution in [2.75, 3.05) is 16.8 Å². The van der Waals surface area contributed by atoms with Gasteiger partial charge in [0, 0.05) is 31.4 Å². The minimum absolute atomic E-state index is 0.0332. The standard InChI is InChI=1S/C21H22N4O2/c1-14(12-24-13-22-18-5-3-4-6-20(18)24)21(27)23-17-7-8-19-16(11-17)9-10-25(19)15(2)26/h3-8,11,13-14H,9-10,12H2,1-2H3,(H,23,27)/t14-/m1/s1. The van der Waals surface area contributed by atoms with Crippen LogP contribution >= 0.6 is 0 Å². The summed E-state index contributed by atoms with van der Waals surface area (Å²) in [6.45, 7) is 4.75. The van der Waals surface area contributed by atoms with Gasteiger partial charge in [0.25, 0.3) is 0 Å². The van der Waals surface area contributed by atoms with Gasteiger partial charge in [0.05, 0.1) is 23.3 Å². The van der Waals surface area contributed by atoms with Gasteiger partial charge in [0.2, 0.25) is 11.8 Å². The van der Waals surface area contributed by atoms with E-state index in [0.717, 1.165) is 34.4 Å². The van der Waals surface area contributed by atoms with Crippen molar-refractivity contribution in [3.63, 3.8) is 0 Å². The molecule has 2 heterocycles. The summed E-state index contributed by atoms with van der Waals surface area (Å²) in [4.78, 5) is 30.4. The first kappa shape index (κ1) is 17.3. The maximum absolute atomic E-state index is 12.6. The van der Waals surface area contributed by atoms with Gasteiger partial charge in [-0.2, -0.15) is 0 Å². The van der Waals surface area contributed by atoms with Gasteiger partial charge in [-0.25, -0.2) is 4.98 Å². The molecule has 6 heteroatoms. The molecule has 0 radical (unpaired) electrons. The van der Waals surface area contributed by atoms with Gasteiger partial charge in [0.1, 0.15) is 0 Å². The van der Waals surface area contributed by atoms with Gasteiger partial charge in [-0.1, -0.05) is 19.1 Å². The molecule has 1 aliphatic heterocycles. The van der Waals surface area contributed by atoms with Crippen LogP contribution in [0.4, 0.5) is 11.4 Å². The summed E-state index contributed by atoms with van der Waals surface area (Å²) in [6.07, 6.45) is 2.59. The van der Waals surface area contributed by atoms with E-state index in [9.17, 15) is 9.59 Å². The number of para-hydroxylation sites is 2. The van der Waals surface area contributed by atoms with E-state index in [-0.39, 0.29) is 17.7 Å². The van der Waals surface area contributed by atoms with Crippen LogP contribution < -0.4 is 10.2 Å². The maximum Gasteiger partial charge on any atom is 0.229 e. The van der Waals surface area contributed by atoms with Crippen molar-refractivity contribution in [1.82, 2.24) is 9.55 Å². The summed E-state index contributed by atoms with van der Waals surface area (Å²) in [5, 5.41) is 3.00. The number of hydrogen-bond acceptors (Lipinski definition) is 3. The molecule has 1 aliphatic rings. The molecule has 6 nitrogen and oxygen atoms in total. The van der Waals surface area contributed by atoms with E-state index in [1.165, 1.54) is 0 Å². The molecule has 0 spiro atoms. The Bertz CT molecular complexity index is 1020. The number of anilines is 2. The molecule has 2 amide bonds. The summed E-state index contributed by atoms with van der Waals surface area (Å²) in [5.74, 6) is -0.189. The highest BCUT2D eigenvalue weighted by molar-refractivity contribution is 5.96. The lowest BCUT2D eigenvalue weighted by molar-refractivity contribution is -0.119. The van der Waals surface area contributed by atoms with Crippen LogP contribution in [-0.4, -0.2) is 27.9 Å². The number of carbonyl (C=O) groups excluding carboxylic acids is 2. The largest absolute Gasteiger partial charge is 0.330 e. The lowest BCUT2D eigenvalue weighted by atomic mass is 10.1. The zero-order chi connectivity index (χ0) is 19.0. The minimum atomic E-state index is -0.204. The van der Waals surface area contributed by atoms with E-state index in [1.807, 2.05) is 54.0 Å². The number of hydrogen-bond donors (Lipinski definition) is 1. The highest BCUT2D eigenvalue weighted by Gasteiger charge is 2.23. The number of imidazole rings is 1. The Kier molecular flexibility index (Phi) is 4.39. The Morgan fingerprint density at radius 2 is 2.04 bits per heavy atom. The number of nitrogens with zero attached hydrogens (tertiary/aromatic N) is 3. The second kappa shape index (κ2) is 6.87. The molecule has 2 aromatic carbocycles. The van der Waals surface area contributed by atoms with Gasteiger partial charge >= 0.3 is 0 Å². The van der Waals surface area contributed by atoms with E-state index < -0.39 is 0 Å². The molecule has 4 rings (SSSR count). The molecular formula is C21H22N4O2. The average Bonchev–Trinajstić information content (AvgIpc) is 3.26. The highest BCUT2D eigenvalue weighted by atomic mass is 16.2. The fourth-order valence-electron chi connectivity index (χ4n) is 3.61. The van der Waals surface area contributed by atoms with Crippen LogP contribution in [-0.2, 0) is 22.6 Å². The van der Waals surface area contributed by atoms with Crippen LogP contribution in [0, 0.1) is 5.92 Å². The number of carbonyl (C=O) groups is 2. The van der Waals surface area contributed by atoms with Crippen molar-refractivity contribution in [2.24, 2.45) is 5.92 Å². The summed E-state index contributed by atoms with van der Waals surface area (Å²) >= 11 is 0. The first-order valence-corrected chi connectivity index (χ1v) is 9.14. The van der Waals surface area contributed by atoms with Gasteiger partial charge < -0.3 is 14.8 Å². The summed E-state index contributed by atoms with van der Waals surface area (Å²) in [5.41, 5.74) is 4.76. The first-order chi connectivity index (χ1) is 13.0. The third-order valence-corrected chi connectivity index (χ3v) is 5.07. The van der Waals surface area contributed by atoms with Gasteiger partial charge in [0.15, 0.2) is 0 Å². The van der Waals surface area contributed by atoms with Crippen molar-refractivity contribution >= 4 is 34.2 Å². The van der Waals surface area contributed by atoms with Gasteiger partial charge in [-0.05, 0) is 42.3 Å². The van der Waals surface area contributed by atoms with Crippen LogP contribution in [0.5, 0.6) is 0 Å². The van der Waals surface area contributed by atoms with Crippen molar-refractivity contribution < 1.29 is 9.59 Å². The molecule has 1 aromatic heterocycles. The highest BCUT2D eigenvalue weighted by Crippen LogP contribution is 2.30. The third kappa shape index (κ3) is 3.30. The maximum atomic E-state index is 12.6. The SMILES string of the molecule is CC(=O)N1CCc2cc(NC(=O)[C@H](C)Cn3cnc4ccccc43)ccc21. The molecule has 0 saturated heterocycles. The fraction of sp³-hybridized carbons (Fsp3) is 0.286. The van der Waals surface area contributed by atoms with E-state index in [2.05, 4.69) is 10.3 Å². The normalized spacial score (nSPS) is 14.2. The number of amides is 2. The molecule has 1 atom stereocenters. The predicted octanol–water partition coefficient (Wildman–Crippen LogP) is 3.22. The van der Waals surface area contributed by atoms with Crippen molar-refractivity contribution in [1.29, 1.82) is 0 Å². The molecule has 3 aromatic rings. The quantitative estimate of drug-likeness (QED) is 0.775.